The molecule has 0 aliphatic carbocycles. The minimum atomic E-state index is -0.463. The zero-order chi connectivity index (χ0) is 14.0. The van der Waals surface area contributed by atoms with Gasteiger partial charge < -0.3 is 14.7 Å². The van der Waals surface area contributed by atoms with E-state index in [0.29, 0.717) is 5.82 Å². The lowest BCUT2D eigenvalue weighted by Crippen LogP contribution is -2.01. The normalized spacial score (nSPS) is 10.9. The van der Waals surface area contributed by atoms with Crippen LogP contribution in [0.4, 0.5) is 5.82 Å². The lowest BCUT2D eigenvalue weighted by Gasteiger charge is -2.08. The van der Waals surface area contributed by atoms with E-state index in [4.69, 9.17) is 0 Å². The Kier molecular flexibility index (Phi) is 3.99. The SMILES string of the molecule is CC(C)n1cc([N+](=O)[O-])nc1-c1ccc(CBr)cc1. The molecule has 0 amide bonds. The van der Waals surface area contributed by atoms with Crippen molar-refractivity contribution in [3.05, 3.63) is 46.1 Å². The average Bonchev–Trinajstić information content (AvgIpc) is 2.84. The van der Waals surface area contributed by atoms with Crippen LogP contribution in [-0.4, -0.2) is 14.5 Å². The highest BCUT2D eigenvalue weighted by atomic mass is 79.9. The Hall–Kier alpha value is -1.69. The van der Waals surface area contributed by atoms with Gasteiger partial charge in [-0.3, -0.25) is 0 Å². The first-order chi connectivity index (χ1) is 9.02. The number of hydrogen-bond acceptors (Lipinski definition) is 3. The van der Waals surface area contributed by atoms with E-state index < -0.39 is 4.92 Å². The molecule has 5 nitrogen and oxygen atoms in total. The van der Waals surface area contributed by atoms with E-state index in [0.717, 1.165) is 16.5 Å². The molecule has 0 radical (unpaired) electrons. The predicted molar refractivity (Wildman–Crippen MR) is 77.3 cm³/mol. The van der Waals surface area contributed by atoms with Gasteiger partial charge in [-0.05, 0) is 41.5 Å². The van der Waals surface area contributed by atoms with Gasteiger partial charge in [0.1, 0.15) is 6.20 Å². The molecule has 1 aromatic carbocycles. The topological polar surface area (TPSA) is 61.0 Å². The Morgan fingerprint density at radius 2 is 2.00 bits per heavy atom. The van der Waals surface area contributed by atoms with E-state index in [1.54, 1.807) is 0 Å². The molecule has 19 heavy (non-hydrogen) atoms. The van der Waals surface area contributed by atoms with Crippen LogP contribution in [0.15, 0.2) is 30.5 Å². The smallest absolute Gasteiger partial charge is 0.358 e. The summed E-state index contributed by atoms with van der Waals surface area (Å²) in [5, 5.41) is 11.6. The van der Waals surface area contributed by atoms with Crippen molar-refractivity contribution in [1.82, 2.24) is 9.55 Å². The summed E-state index contributed by atoms with van der Waals surface area (Å²) in [4.78, 5) is 14.5. The van der Waals surface area contributed by atoms with Gasteiger partial charge in [0, 0.05) is 16.9 Å². The number of hydrogen-bond donors (Lipinski definition) is 0. The Labute approximate surface area is 119 Å². The first-order valence-electron chi connectivity index (χ1n) is 5.91. The van der Waals surface area contributed by atoms with Crippen LogP contribution < -0.4 is 0 Å². The van der Waals surface area contributed by atoms with E-state index in [9.17, 15) is 10.1 Å². The maximum atomic E-state index is 10.8. The molecule has 100 valence electrons. The molecule has 0 fully saturated rings. The quantitative estimate of drug-likeness (QED) is 0.486. The fourth-order valence-corrected chi connectivity index (χ4v) is 2.19. The molecule has 2 aromatic rings. The summed E-state index contributed by atoms with van der Waals surface area (Å²) in [5.74, 6) is 0.510. The molecule has 6 heteroatoms. The summed E-state index contributed by atoms with van der Waals surface area (Å²) >= 11 is 3.39. The molecule has 0 N–H and O–H groups in total. The first-order valence-corrected chi connectivity index (χ1v) is 7.03. The van der Waals surface area contributed by atoms with Crippen LogP contribution in [0.2, 0.25) is 0 Å². The van der Waals surface area contributed by atoms with Gasteiger partial charge in [-0.1, -0.05) is 28.1 Å². The van der Waals surface area contributed by atoms with Crippen molar-refractivity contribution < 1.29 is 4.92 Å². The molecule has 0 bridgehead atoms. The zero-order valence-corrected chi connectivity index (χ0v) is 12.3. The third kappa shape index (κ3) is 2.84. The largest absolute Gasteiger partial charge is 0.382 e. The molecule has 1 aromatic heterocycles. The number of halogens is 1. The Morgan fingerprint density at radius 3 is 2.47 bits per heavy atom. The second kappa shape index (κ2) is 5.52. The monoisotopic (exact) mass is 323 g/mol. The number of rotatable bonds is 4. The van der Waals surface area contributed by atoms with Crippen LogP contribution in [0.25, 0.3) is 11.4 Å². The second-order valence-corrected chi connectivity index (χ2v) is 5.07. The van der Waals surface area contributed by atoms with Crippen LogP contribution in [0.1, 0.15) is 25.5 Å². The number of alkyl halides is 1. The van der Waals surface area contributed by atoms with Crippen LogP contribution in [0.5, 0.6) is 0 Å². The molecule has 2 rings (SSSR count). The van der Waals surface area contributed by atoms with Gasteiger partial charge in [0.15, 0.2) is 0 Å². The Bertz CT molecular complexity index is 590. The number of imidazole rings is 1. The minimum absolute atomic E-state index is 0.117. The summed E-state index contributed by atoms with van der Waals surface area (Å²) in [7, 11) is 0. The highest BCUT2D eigenvalue weighted by Crippen LogP contribution is 2.26. The fourth-order valence-electron chi connectivity index (χ4n) is 1.82. The van der Waals surface area contributed by atoms with Gasteiger partial charge in [0.25, 0.3) is 5.82 Å². The number of nitro groups is 1. The summed E-state index contributed by atoms with van der Waals surface area (Å²) in [5.41, 5.74) is 2.03. The van der Waals surface area contributed by atoms with E-state index >= 15 is 0 Å². The Balaban J connectivity index is 2.49. The van der Waals surface area contributed by atoms with Crippen molar-refractivity contribution in [2.24, 2.45) is 0 Å². The Morgan fingerprint density at radius 1 is 1.37 bits per heavy atom. The van der Waals surface area contributed by atoms with Crippen molar-refractivity contribution in [3.8, 4) is 11.4 Å². The molecular weight excluding hydrogens is 310 g/mol. The van der Waals surface area contributed by atoms with E-state index in [1.807, 2.05) is 42.7 Å². The zero-order valence-electron chi connectivity index (χ0n) is 10.7. The van der Waals surface area contributed by atoms with Gasteiger partial charge >= 0.3 is 5.82 Å². The molecule has 0 atom stereocenters. The van der Waals surface area contributed by atoms with E-state index in [2.05, 4.69) is 20.9 Å². The van der Waals surface area contributed by atoms with Crippen molar-refractivity contribution in [1.29, 1.82) is 0 Å². The molecular formula is C13H14BrN3O2. The fraction of sp³-hybridized carbons (Fsp3) is 0.308. The second-order valence-electron chi connectivity index (χ2n) is 4.51. The lowest BCUT2D eigenvalue weighted by atomic mass is 10.1. The first kappa shape index (κ1) is 13.7. The van der Waals surface area contributed by atoms with Crippen molar-refractivity contribution in [2.75, 3.05) is 0 Å². The van der Waals surface area contributed by atoms with E-state index in [-0.39, 0.29) is 11.9 Å². The molecule has 1 heterocycles. The van der Waals surface area contributed by atoms with E-state index in [1.165, 1.54) is 6.20 Å². The summed E-state index contributed by atoms with van der Waals surface area (Å²) in [6.07, 6.45) is 1.48. The standard InChI is InChI=1S/C13H14BrN3O2/c1-9(2)16-8-12(17(18)19)15-13(16)11-5-3-10(7-14)4-6-11/h3-6,8-9H,7H2,1-2H3. The van der Waals surface area contributed by atoms with Crippen LogP contribution in [0.3, 0.4) is 0 Å². The van der Waals surface area contributed by atoms with Crippen molar-refractivity contribution >= 4 is 21.7 Å². The van der Waals surface area contributed by atoms with Crippen LogP contribution >= 0.6 is 15.9 Å². The number of nitrogens with zero attached hydrogens (tertiary/aromatic N) is 3. The molecule has 0 saturated heterocycles. The van der Waals surface area contributed by atoms with Crippen LogP contribution in [-0.2, 0) is 5.33 Å². The number of aromatic nitrogens is 2. The lowest BCUT2D eigenvalue weighted by molar-refractivity contribution is -0.389. The summed E-state index contributed by atoms with van der Waals surface area (Å²) in [6, 6.07) is 7.94. The van der Waals surface area contributed by atoms with Gasteiger partial charge in [0.05, 0.1) is 0 Å². The van der Waals surface area contributed by atoms with Gasteiger partial charge in [0.2, 0.25) is 0 Å². The molecule has 0 unspecified atom stereocenters. The molecule has 0 saturated carbocycles. The van der Waals surface area contributed by atoms with Gasteiger partial charge in [-0.15, -0.1) is 0 Å². The predicted octanol–water partition coefficient (Wildman–Crippen LogP) is 3.93. The maximum absolute atomic E-state index is 10.8. The molecule has 0 aliphatic heterocycles. The number of benzene rings is 1. The minimum Gasteiger partial charge on any atom is -0.358 e. The van der Waals surface area contributed by atoms with Crippen molar-refractivity contribution in [3.63, 3.8) is 0 Å². The summed E-state index contributed by atoms with van der Waals surface area (Å²) < 4.78 is 1.82. The summed E-state index contributed by atoms with van der Waals surface area (Å²) in [6.45, 7) is 3.95. The average molecular weight is 324 g/mol. The maximum Gasteiger partial charge on any atom is 0.382 e. The van der Waals surface area contributed by atoms with Crippen molar-refractivity contribution in [2.45, 2.75) is 25.2 Å². The third-order valence-electron chi connectivity index (χ3n) is 2.83. The molecule has 0 aliphatic rings. The highest BCUT2D eigenvalue weighted by molar-refractivity contribution is 9.08. The van der Waals surface area contributed by atoms with Gasteiger partial charge in [-0.2, -0.15) is 0 Å². The molecule has 0 spiro atoms. The van der Waals surface area contributed by atoms with Gasteiger partial charge in [-0.25, -0.2) is 0 Å². The van der Waals surface area contributed by atoms with Crippen LogP contribution in [0, 0.1) is 10.1 Å². The third-order valence-corrected chi connectivity index (χ3v) is 3.48. The highest BCUT2D eigenvalue weighted by Gasteiger charge is 2.21.